The minimum Gasteiger partial charge on any atom is -0.423 e. The van der Waals surface area contributed by atoms with E-state index in [0.717, 1.165) is 25.6 Å². The Kier molecular flexibility index (Phi) is 3.64. The zero-order valence-corrected chi connectivity index (χ0v) is 9.80. The highest BCUT2D eigenvalue weighted by molar-refractivity contribution is 6.58. The maximum Gasteiger partial charge on any atom is 0.491 e. The van der Waals surface area contributed by atoms with Crippen molar-refractivity contribution >= 4 is 18.4 Å². The van der Waals surface area contributed by atoms with Gasteiger partial charge in [-0.1, -0.05) is 0 Å². The second kappa shape index (κ2) is 5.02. The molecule has 2 N–H and O–H groups in total. The van der Waals surface area contributed by atoms with Crippen molar-refractivity contribution in [2.24, 2.45) is 0 Å². The topological polar surface area (TPSA) is 56.6 Å². The largest absolute Gasteiger partial charge is 0.491 e. The minimum atomic E-state index is -1.79. The summed E-state index contributed by atoms with van der Waals surface area (Å²) in [6, 6.07) is 1.77. The van der Waals surface area contributed by atoms with Crippen LogP contribution >= 0.6 is 0 Å². The molecule has 0 radical (unpaired) electrons. The highest BCUT2D eigenvalue weighted by atomic mass is 19.1. The monoisotopic (exact) mass is 238 g/mol. The average Bonchev–Trinajstić information content (AvgIpc) is 2.30. The van der Waals surface area contributed by atoms with Gasteiger partial charge < -0.3 is 14.9 Å². The van der Waals surface area contributed by atoms with Crippen LogP contribution in [-0.2, 0) is 0 Å². The molecule has 6 heteroatoms. The van der Waals surface area contributed by atoms with Gasteiger partial charge in [0, 0.05) is 18.0 Å². The van der Waals surface area contributed by atoms with Gasteiger partial charge in [0.2, 0.25) is 0 Å². The lowest BCUT2D eigenvalue weighted by atomic mass is 9.80. The van der Waals surface area contributed by atoms with Gasteiger partial charge in [-0.2, -0.15) is 0 Å². The third-order valence-electron chi connectivity index (χ3n) is 3.25. The first-order valence-corrected chi connectivity index (χ1v) is 5.88. The molecule has 1 aromatic heterocycles. The first-order valence-electron chi connectivity index (χ1n) is 5.88. The maximum atomic E-state index is 13.3. The molecule has 0 saturated carbocycles. The number of hydrogen-bond donors (Lipinski definition) is 2. The third kappa shape index (κ3) is 2.58. The fourth-order valence-electron chi connectivity index (χ4n) is 2.24. The molecule has 4 nitrogen and oxygen atoms in total. The van der Waals surface area contributed by atoms with E-state index < -0.39 is 12.9 Å². The Labute approximate surface area is 100 Å². The highest BCUT2D eigenvalue weighted by Crippen LogP contribution is 2.22. The van der Waals surface area contributed by atoms with E-state index in [1.807, 2.05) is 0 Å². The van der Waals surface area contributed by atoms with Crippen molar-refractivity contribution in [1.82, 2.24) is 4.98 Å². The van der Waals surface area contributed by atoms with Gasteiger partial charge in [0.05, 0.1) is 6.20 Å². The fraction of sp³-hybridized carbons (Fsp3) is 0.545. The number of piperidine rings is 1. The van der Waals surface area contributed by atoms with Crippen molar-refractivity contribution in [2.75, 3.05) is 11.4 Å². The summed E-state index contributed by atoms with van der Waals surface area (Å²) >= 11 is 0. The van der Waals surface area contributed by atoms with Crippen LogP contribution in [0.15, 0.2) is 12.3 Å². The number of aromatic nitrogens is 1. The summed E-state index contributed by atoms with van der Waals surface area (Å²) < 4.78 is 13.3. The molecule has 0 aromatic carbocycles. The number of anilines is 1. The van der Waals surface area contributed by atoms with Crippen LogP contribution in [0.4, 0.5) is 10.2 Å². The smallest absolute Gasteiger partial charge is 0.423 e. The summed E-state index contributed by atoms with van der Waals surface area (Å²) in [5, 5.41) is 18.1. The first kappa shape index (κ1) is 12.3. The summed E-state index contributed by atoms with van der Waals surface area (Å²) in [7, 11) is -1.79. The molecular formula is C11H16BFN2O2. The molecule has 92 valence electrons. The van der Waals surface area contributed by atoms with E-state index in [0.29, 0.717) is 11.9 Å². The lowest BCUT2D eigenvalue weighted by Gasteiger charge is -2.34. The number of hydrogen-bond acceptors (Lipinski definition) is 4. The molecule has 1 fully saturated rings. The molecule has 1 aliphatic heterocycles. The molecule has 0 aliphatic carbocycles. The van der Waals surface area contributed by atoms with Crippen LogP contribution in [0.2, 0.25) is 0 Å². The lowest BCUT2D eigenvalue weighted by molar-refractivity contribution is 0.422. The van der Waals surface area contributed by atoms with Gasteiger partial charge in [-0.05, 0) is 32.3 Å². The molecule has 1 aromatic rings. The van der Waals surface area contributed by atoms with E-state index in [4.69, 9.17) is 10.0 Å². The summed E-state index contributed by atoms with van der Waals surface area (Å²) in [4.78, 5) is 6.10. The second-order valence-electron chi connectivity index (χ2n) is 4.48. The van der Waals surface area contributed by atoms with Crippen LogP contribution in [0.5, 0.6) is 0 Å². The molecule has 1 atom stereocenters. The molecule has 1 unspecified atom stereocenters. The predicted molar refractivity (Wildman–Crippen MR) is 64.7 cm³/mol. The second-order valence-corrected chi connectivity index (χ2v) is 4.48. The van der Waals surface area contributed by atoms with Gasteiger partial charge in [-0.3, -0.25) is 0 Å². The molecule has 0 spiro atoms. The van der Waals surface area contributed by atoms with Crippen molar-refractivity contribution in [2.45, 2.75) is 32.2 Å². The van der Waals surface area contributed by atoms with Crippen LogP contribution in [0, 0.1) is 5.82 Å². The van der Waals surface area contributed by atoms with E-state index in [9.17, 15) is 4.39 Å². The molecular weight excluding hydrogens is 222 g/mol. The van der Waals surface area contributed by atoms with Gasteiger partial charge in [0.25, 0.3) is 0 Å². The van der Waals surface area contributed by atoms with Crippen LogP contribution in [-0.4, -0.2) is 34.7 Å². The van der Waals surface area contributed by atoms with Crippen molar-refractivity contribution in [1.29, 1.82) is 0 Å². The number of halogens is 1. The Morgan fingerprint density at radius 2 is 2.24 bits per heavy atom. The number of nitrogens with zero attached hydrogens (tertiary/aromatic N) is 2. The number of rotatable bonds is 2. The van der Waals surface area contributed by atoms with Crippen LogP contribution < -0.4 is 10.4 Å². The van der Waals surface area contributed by atoms with Gasteiger partial charge in [0.15, 0.2) is 0 Å². The van der Waals surface area contributed by atoms with E-state index in [2.05, 4.69) is 16.8 Å². The first-order chi connectivity index (χ1) is 8.09. The van der Waals surface area contributed by atoms with Gasteiger partial charge in [-0.15, -0.1) is 0 Å². The standard InChI is InChI=1S/C11H16BFN2O2/c1-8-4-2-3-5-15(8)11-6-9(12(16)17)10(13)7-14-11/h6-8,16-17H,2-5H2,1H3. The normalized spacial score (nSPS) is 20.5. The molecule has 1 saturated heterocycles. The molecule has 1 aliphatic rings. The van der Waals surface area contributed by atoms with Crippen molar-refractivity contribution in [3.63, 3.8) is 0 Å². The molecule has 0 bridgehead atoms. The number of pyridine rings is 1. The third-order valence-corrected chi connectivity index (χ3v) is 3.25. The Bertz CT molecular complexity index is 403. The minimum absolute atomic E-state index is 0.118. The predicted octanol–water partition coefficient (Wildman–Crippen LogP) is 0.279. The van der Waals surface area contributed by atoms with Crippen LogP contribution in [0.3, 0.4) is 0 Å². The zero-order valence-electron chi connectivity index (χ0n) is 9.80. The van der Waals surface area contributed by atoms with E-state index in [1.165, 1.54) is 12.5 Å². The van der Waals surface area contributed by atoms with E-state index in [-0.39, 0.29) is 5.46 Å². The quantitative estimate of drug-likeness (QED) is 0.726. The maximum absolute atomic E-state index is 13.3. The van der Waals surface area contributed by atoms with Gasteiger partial charge >= 0.3 is 7.12 Å². The summed E-state index contributed by atoms with van der Waals surface area (Å²) in [6.45, 7) is 2.97. The highest BCUT2D eigenvalue weighted by Gasteiger charge is 2.23. The fourth-order valence-corrected chi connectivity index (χ4v) is 2.24. The molecule has 2 heterocycles. The zero-order chi connectivity index (χ0) is 12.4. The van der Waals surface area contributed by atoms with Crippen LogP contribution in [0.1, 0.15) is 26.2 Å². The molecule has 2 rings (SSSR count). The van der Waals surface area contributed by atoms with E-state index in [1.54, 1.807) is 0 Å². The van der Waals surface area contributed by atoms with Crippen LogP contribution in [0.25, 0.3) is 0 Å². The Morgan fingerprint density at radius 3 is 2.88 bits per heavy atom. The van der Waals surface area contributed by atoms with Crippen molar-refractivity contribution in [3.8, 4) is 0 Å². The SMILES string of the molecule is CC1CCCCN1c1cc(B(O)O)c(F)cn1. The van der Waals surface area contributed by atoms with Gasteiger partial charge in [0.1, 0.15) is 11.6 Å². The Balaban J connectivity index is 2.29. The Hall–Kier alpha value is -1.14. The van der Waals surface area contributed by atoms with Gasteiger partial charge in [-0.25, -0.2) is 9.37 Å². The molecule has 17 heavy (non-hydrogen) atoms. The summed E-state index contributed by atoms with van der Waals surface area (Å²) in [5.74, 6) is -0.0740. The summed E-state index contributed by atoms with van der Waals surface area (Å²) in [6.07, 6.45) is 4.40. The average molecular weight is 238 g/mol. The van der Waals surface area contributed by atoms with Crippen molar-refractivity contribution < 1.29 is 14.4 Å². The lowest BCUT2D eigenvalue weighted by Crippen LogP contribution is -2.40. The Morgan fingerprint density at radius 1 is 1.47 bits per heavy atom. The summed E-state index contributed by atoms with van der Waals surface area (Å²) in [5.41, 5.74) is -0.118. The molecule has 0 amide bonds. The van der Waals surface area contributed by atoms with E-state index >= 15 is 0 Å². The van der Waals surface area contributed by atoms with Crippen molar-refractivity contribution in [3.05, 3.63) is 18.1 Å².